The van der Waals surface area contributed by atoms with E-state index < -0.39 is 24.4 Å². The quantitative estimate of drug-likeness (QED) is 0.855. The van der Waals surface area contributed by atoms with E-state index in [1.54, 1.807) is 24.3 Å². The molecule has 0 spiro atoms. The number of hydrogen-bond donors (Lipinski definition) is 1. The number of nitrogens with zero attached hydrogens (tertiary/aromatic N) is 1. The Balaban J connectivity index is 1.57. The number of halogens is 1. The number of amides is 2. The van der Waals surface area contributed by atoms with E-state index in [1.165, 1.54) is 4.90 Å². The third kappa shape index (κ3) is 3.55. The first-order valence-electron chi connectivity index (χ1n) is 10.0. The normalized spacial score (nSPS) is 28.8. The summed E-state index contributed by atoms with van der Waals surface area (Å²) in [5, 5.41) is 2.88. The zero-order chi connectivity index (χ0) is 19.7. The predicted octanol–water partition coefficient (Wildman–Crippen LogP) is 1.88. The lowest BCUT2D eigenvalue weighted by Crippen LogP contribution is -2.55. The number of ether oxygens (including phenoxy) is 1. The van der Waals surface area contributed by atoms with Crippen LogP contribution in [0.25, 0.3) is 0 Å². The second kappa shape index (κ2) is 7.99. The Morgan fingerprint density at radius 2 is 1.86 bits per heavy atom. The monoisotopic (exact) mass is 388 g/mol. The first-order chi connectivity index (χ1) is 13.6. The predicted molar refractivity (Wildman–Crippen MR) is 99.4 cm³/mol. The number of benzene rings is 1. The largest absolute Gasteiger partial charge is 0.365 e. The van der Waals surface area contributed by atoms with Crippen LogP contribution in [0.5, 0.6) is 0 Å². The van der Waals surface area contributed by atoms with Crippen molar-refractivity contribution < 1.29 is 23.5 Å². The van der Waals surface area contributed by atoms with Crippen LogP contribution < -0.4 is 5.32 Å². The summed E-state index contributed by atoms with van der Waals surface area (Å²) in [6, 6.07) is 7.09. The van der Waals surface area contributed by atoms with Gasteiger partial charge in [0, 0.05) is 5.56 Å². The van der Waals surface area contributed by atoms with Gasteiger partial charge in [0.05, 0.1) is 6.54 Å². The lowest BCUT2D eigenvalue weighted by Gasteiger charge is -2.34. The summed E-state index contributed by atoms with van der Waals surface area (Å²) in [6.45, 7) is -0.325. The molecule has 4 atom stereocenters. The molecule has 2 heterocycles. The van der Waals surface area contributed by atoms with Crippen LogP contribution in [0.2, 0.25) is 0 Å². The molecule has 1 aromatic carbocycles. The number of rotatable bonds is 4. The molecule has 7 heteroatoms. The van der Waals surface area contributed by atoms with Crippen molar-refractivity contribution in [2.24, 2.45) is 5.92 Å². The summed E-state index contributed by atoms with van der Waals surface area (Å²) < 4.78 is 19.6. The minimum Gasteiger partial charge on any atom is -0.365 e. The molecule has 1 N–H and O–H groups in total. The smallest absolute Gasteiger partial charge is 0.251 e. The maximum Gasteiger partial charge on any atom is 0.251 e. The highest BCUT2D eigenvalue weighted by molar-refractivity contribution is 5.99. The minimum absolute atomic E-state index is 0.0107. The molecular formula is C21H25FN2O4. The molecule has 0 unspecified atom stereocenters. The van der Waals surface area contributed by atoms with Gasteiger partial charge in [0.25, 0.3) is 5.91 Å². The molecule has 1 saturated carbocycles. The topological polar surface area (TPSA) is 75.7 Å². The second-order valence-corrected chi connectivity index (χ2v) is 7.91. The van der Waals surface area contributed by atoms with Gasteiger partial charge in [0.2, 0.25) is 5.91 Å². The molecular weight excluding hydrogens is 363 g/mol. The average Bonchev–Trinajstić information content (AvgIpc) is 3.27. The Morgan fingerprint density at radius 1 is 1.14 bits per heavy atom. The Hall–Kier alpha value is -2.28. The van der Waals surface area contributed by atoms with Crippen molar-refractivity contribution >= 4 is 17.6 Å². The highest BCUT2D eigenvalue weighted by Gasteiger charge is 2.54. The molecule has 28 heavy (non-hydrogen) atoms. The summed E-state index contributed by atoms with van der Waals surface area (Å²) in [5.74, 6) is -0.977. The number of ketones is 1. The van der Waals surface area contributed by atoms with Crippen molar-refractivity contribution in [1.29, 1.82) is 0 Å². The SMILES string of the molecule is O=C(N[C@H](C(=O)N1C[C@H](F)[C@H]2OCC(=O)[C@H]21)C1CCCCC1)c1ccccc1. The molecule has 2 amide bonds. The molecule has 4 rings (SSSR count). The minimum atomic E-state index is -1.38. The van der Waals surface area contributed by atoms with Gasteiger partial charge in [-0.1, -0.05) is 37.5 Å². The van der Waals surface area contributed by atoms with Gasteiger partial charge >= 0.3 is 0 Å². The molecule has 1 aliphatic carbocycles. The van der Waals surface area contributed by atoms with Crippen LogP contribution in [0, 0.1) is 5.92 Å². The molecule has 2 aliphatic heterocycles. The van der Waals surface area contributed by atoms with Crippen LogP contribution in [-0.2, 0) is 14.3 Å². The number of likely N-dealkylation sites (tertiary alicyclic amines) is 1. The Labute approximate surface area is 163 Å². The van der Waals surface area contributed by atoms with E-state index in [0.717, 1.165) is 32.1 Å². The van der Waals surface area contributed by atoms with Gasteiger partial charge in [-0.2, -0.15) is 0 Å². The van der Waals surface area contributed by atoms with Gasteiger partial charge in [-0.25, -0.2) is 4.39 Å². The van der Waals surface area contributed by atoms with Crippen molar-refractivity contribution in [2.75, 3.05) is 13.2 Å². The number of carbonyl (C=O) groups excluding carboxylic acids is 3. The van der Waals surface area contributed by atoms with E-state index in [4.69, 9.17) is 4.74 Å². The number of fused-ring (bicyclic) bond motifs is 1. The van der Waals surface area contributed by atoms with Crippen molar-refractivity contribution in [3.63, 3.8) is 0 Å². The molecule has 3 aliphatic rings. The standard InChI is InChI=1S/C21H25FN2O4/c22-15-11-24(18-16(25)12-28-19(15)18)21(27)17(13-7-3-1-4-8-13)23-20(26)14-9-5-2-6-10-14/h2,5-6,9-10,13,15,17-19H,1,3-4,7-8,11-12H2,(H,23,26)/t15-,17-,18+,19+/m0/s1. The van der Waals surface area contributed by atoms with E-state index in [9.17, 15) is 18.8 Å². The number of alkyl halides is 1. The van der Waals surface area contributed by atoms with Crippen molar-refractivity contribution in [3.05, 3.63) is 35.9 Å². The van der Waals surface area contributed by atoms with Crippen LogP contribution in [0.15, 0.2) is 30.3 Å². The summed E-state index contributed by atoms with van der Waals surface area (Å²) >= 11 is 0. The zero-order valence-electron chi connectivity index (χ0n) is 15.7. The summed E-state index contributed by atoms with van der Waals surface area (Å²) in [5.41, 5.74) is 0.471. The maximum absolute atomic E-state index is 14.3. The van der Waals surface area contributed by atoms with Crippen LogP contribution in [0.4, 0.5) is 4.39 Å². The van der Waals surface area contributed by atoms with Crippen LogP contribution in [0.1, 0.15) is 42.5 Å². The van der Waals surface area contributed by atoms with Gasteiger partial charge in [0.1, 0.15) is 31.0 Å². The number of hydrogen-bond acceptors (Lipinski definition) is 4. The van der Waals surface area contributed by atoms with Gasteiger partial charge in [-0.15, -0.1) is 0 Å². The Morgan fingerprint density at radius 3 is 2.57 bits per heavy atom. The fourth-order valence-electron chi connectivity index (χ4n) is 4.67. The third-order valence-electron chi connectivity index (χ3n) is 6.12. The van der Waals surface area contributed by atoms with Gasteiger partial charge in [0.15, 0.2) is 5.78 Å². The van der Waals surface area contributed by atoms with Crippen molar-refractivity contribution in [1.82, 2.24) is 10.2 Å². The Kier molecular flexibility index (Phi) is 5.44. The van der Waals surface area contributed by atoms with E-state index >= 15 is 0 Å². The van der Waals surface area contributed by atoms with E-state index in [2.05, 4.69) is 5.32 Å². The molecule has 2 saturated heterocycles. The highest BCUT2D eigenvalue weighted by atomic mass is 19.1. The average molecular weight is 388 g/mol. The number of Topliss-reactive ketones (excluding diaryl/α,β-unsaturated/α-hetero) is 1. The van der Waals surface area contributed by atoms with Crippen LogP contribution in [-0.4, -0.2) is 60.0 Å². The van der Waals surface area contributed by atoms with E-state index in [-0.39, 0.29) is 36.7 Å². The third-order valence-corrected chi connectivity index (χ3v) is 6.12. The van der Waals surface area contributed by atoms with Gasteiger partial charge in [-0.05, 0) is 30.9 Å². The molecule has 0 radical (unpaired) electrons. The molecule has 150 valence electrons. The van der Waals surface area contributed by atoms with Gasteiger partial charge < -0.3 is 15.0 Å². The fraction of sp³-hybridized carbons (Fsp3) is 0.571. The van der Waals surface area contributed by atoms with Crippen LogP contribution in [0.3, 0.4) is 0 Å². The summed E-state index contributed by atoms with van der Waals surface area (Å²) in [6.07, 6.45) is 2.50. The lowest BCUT2D eigenvalue weighted by atomic mass is 9.83. The van der Waals surface area contributed by atoms with Crippen molar-refractivity contribution in [2.45, 2.75) is 56.5 Å². The molecule has 0 aromatic heterocycles. The summed E-state index contributed by atoms with van der Waals surface area (Å²) in [4.78, 5) is 39.6. The second-order valence-electron chi connectivity index (χ2n) is 7.91. The lowest BCUT2D eigenvalue weighted by molar-refractivity contribution is -0.139. The Bertz CT molecular complexity index is 750. The molecule has 6 nitrogen and oxygen atoms in total. The molecule has 3 fully saturated rings. The number of carbonyl (C=O) groups is 3. The van der Waals surface area contributed by atoms with Crippen LogP contribution >= 0.6 is 0 Å². The number of nitrogens with one attached hydrogen (secondary N) is 1. The maximum atomic E-state index is 14.3. The molecule has 0 bridgehead atoms. The van der Waals surface area contributed by atoms with Crippen molar-refractivity contribution in [3.8, 4) is 0 Å². The first-order valence-corrected chi connectivity index (χ1v) is 10.0. The highest BCUT2D eigenvalue weighted by Crippen LogP contribution is 2.33. The van der Waals surface area contributed by atoms with E-state index in [0.29, 0.717) is 5.56 Å². The first kappa shape index (κ1) is 19.1. The fourth-order valence-corrected chi connectivity index (χ4v) is 4.67. The van der Waals surface area contributed by atoms with E-state index in [1.807, 2.05) is 6.07 Å². The summed E-state index contributed by atoms with van der Waals surface area (Å²) in [7, 11) is 0. The van der Waals surface area contributed by atoms with Gasteiger partial charge in [-0.3, -0.25) is 14.4 Å². The zero-order valence-corrected chi connectivity index (χ0v) is 15.7. The molecule has 1 aromatic rings.